The molecule has 1 aromatic heterocycles. The second-order valence-electron chi connectivity index (χ2n) is 3.22. The Kier molecular flexibility index (Phi) is 6.04. The van der Waals surface area contributed by atoms with Crippen LogP contribution in [0.1, 0.15) is 0 Å². The van der Waals surface area contributed by atoms with E-state index in [0.29, 0.717) is 6.61 Å². The van der Waals surface area contributed by atoms with Crippen molar-refractivity contribution in [1.82, 2.24) is 4.72 Å². The number of hydrogen-bond donors (Lipinski definition) is 1. The number of thiophene rings is 1. The number of ether oxygens (including phenoxy) is 2. The molecular weight excluding hydrogens is 330 g/mol. The molecule has 5 nitrogen and oxygen atoms in total. The molecule has 1 N–H and O–H groups in total. The molecule has 98 valence electrons. The van der Waals surface area contributed by atoms with Gasteiger partial charge in [0.05, 0.1) is 16.5 Å². The minimum atomic E-state index is -3.46. The maximum atomic E-state index is 11.9. The molecule has 1 unspecified atom stereocenters. The van der Waals surface area contributed by atoms with E-state index in [1.807, 2.05) is 0 Å². The van der Waals surface area contributed by atoms with Gasteiger partial charge in [0, 0.05) is 20.8 Å². The molecule has 1 heterocycles. The number of nitrogens with one attached hydrogen (secondary N) is 1. The van der Waals surface area contributed by atoms with Crippen LogP contribution in [0.5, 0.6) is 0 Å². The third-order valence-electron chi connectivity index (χ3n) is 2.00. The summed E-state index contributed by atoms with van der Waals surface area (Å²) in [6.07, 6.45) is -0.293. The summed E-state index contributed by atoms with van der Waals surface area (Å²) in [6, 6.07) is 3.25. The summed E-state index contributed by atoms with van der Waals surface area (Å²) in [4.78, 5) is 0. The smallest absolute Gasteiger partial charge is 0.250 e. The molecule has 0 bridgehead atoms. The number of hydrogen-bond acceptors (Lipinski definition) is 5. The van der Waals surface area contributed by atoms with Crippen LogP contribution in [0.15, 0.2) is 20.1 Å². The zero-order valence-electron chi connectivity index (χ0n) is 9.47. The van der Waals surface area contributed by atoms with E-state index >= 15 is 0 Å². The molecule has 1 aromatic rings. The van der Waals surface area contributed by atoms with Crippen molar-refractivity contribution in [2.75, 3.05) is 27.4 Å². The van der Waals surface area contributed by atoms with Gasteiger partial charge in [-0.3, -0.25) is 0 Å². The van der Waals surface area contributed by atoms with Gasteiger partial charge in [0.2, 0.25) is 10.0 Å². The summed E-state index contributed by atoms with van der Waals surface area (Å²) in [5.74, 6) is 0. The summed E-state index contributed by atoms with van der Waals surface area (Å²) in [5, 5.41) is 0. The van der Waals surface area contributed by atoms with Gasteiger partial charge >= 0.3 is 0 Å². The highest BCUT2D eigenvalue weighted by Gasteiger charge is 2.18. The Balaban J connectivity index is 2.61. The molecule has 0 saturated carbocycles. The van der Waals surface area contributed by atoms with Gasteiger partial charge in [-0.25, -0.2) is 13.1 Å². The zero-order valence-corrected chi connectivity index (χ0v) is 12.7. The zero-order chi connectivity index (χ0) is 12.9. The molecule has 8 heteroatoms. The van der Waals surface area contributed by atoms with E-state index in [-0.39, 0.29) is 16.9 Å². The second kappa shape index (κ2) is 6.81. The topological polar surface area (TPSA) is 64.6 Å². The number of methoxy groups -OCH3 is 2. The first kappa shape index (κ1) is 15.1. The standard InChI is InChI=1S/C9H14BrNO4S2/c1-14-6-7(15-2)5-11-17(12,13)9-4-3-8(10)16-9/h3-4,7,11H,5-6H2,1-2H3. The van der Waals surface area contributed by atoms with E-state index in [0.717, 1.165) is 15.1 Å². The van der Waals surface area contributed by atoms with Crippen LogP contribution in [0.2, 0.25) is 0 Å². The maximum absolute atomic E-state index is 11.9. The van der Waals surface area contributed by atoms with Crippen LogP contribution in [0, 0.1) is 0 Å². The molecule has 0 aliphatic heterocycles. The molecule has 0 fully saturated rings. The first-order valence-electron chi connectivity index (χ1n) is 4.76. The summed E-state index contributed by atoms with van der Waals surface area (Å²) in [6.45, 7) is 0.523. The Morgan fingerprint density at radius 3 is 2.65 bits per heavy atom. The number of sulfonamides is 1. The second-order valence-corrected chi connectivity index (χ2v) is 7.68. The lowest BCUT2D eigenvalue weighted by molar-refractivity contribution is 0.0320. The maximum Gasteiger partial charge on any atom is 0.250 e. The lowest BCUT2D eigenvalue weighted by Gasteiger charge is -2.14. The lowest BCUT2D eigenvalue weighted by Crippen LogP contribution is -2.35. The fourth-order valence-electron chi connectivity index (χ4n) is 1.11. The molecule has 1 rings (SSSR count). The molecule has 0 aliphatic rings. The third kappa shape index (κ3) is 4.65. The summed E-state index contributed by atoms with van der Waals surface area (Å²) in [5.41, 5.74) is 0. The van der Waals surface area contributed by atoms with Crippen LogP contribution in [0.25, 0.3) is 0 Å². The van der Waals surface area contributed by atoms with Crippen LogP contribution in [-0.4, -0.2) is 41.9 Å². The number of halogens is 1. The first-order chi connectivity index (χ1) is 7.99. The van der Waals surface area contributed by atoms with Crippen molar-refractivity contribution < 1.29 is 17.9 Å². The SMILES string of the molecule is COCC(CNS(=O)(=O)c1ccc(Br)s1)OC. The van der Waals surface area contributed by atoms with Crippen molar-refractivity contribution in [2.45, 2.75) is 10.3 Å². The minimum absolute atomic E-state index is 0.183. The highest BCUT2D eigenvalue weighted by Crippen LogP contribution is 2.25. The predicted octanol–water partition coefficient (Wildman–Crippen LogP) is 1.45. The normalized spacial score (nSPS) is 13.8. The summed E-state index contributed by atoms with van der Waals surface area (Å²) < 4.78 is 37.2. The molecule has 0 aromatic carbocycles. The van der Waals surface area contributed by atoms with Gasteiger partial charge in [-0.15, -0.1) is 11.3 Å². The molecule has 0 amide bonds. The van der Waals surface area contributed by atoms with Gasteiger partial charge in [-0.05, 0) is 28.1 Å². The third-order valence-corrected chi connectivity index (χ3v) is 5.54. The molecule has 0 aliphatic carbocycles. The number of rotatable bonds is 7. The molecule has 0 spiro atoms. The van der Waals surface area contributed by atoms with Crippen molar-refractivity contribution in [1.29, 1.82) is 0 Å². The van der Waals surface area contributed by atoms with Gasteiger partial charge in [0.1, 0.15) is 4.21 Å². The van der Waals surface area contributed by atoms with Crippen molar-refractivity contribution in [3.63, 3.8) is 0 Å². The van der Waals surface area contributed by atoms with Crippen molar-refractivity contribution >= 4 is 37.3 Å². The average molecular weight is 344 g/mol. The highest BCUT2D eigenvalue weighted by molar-refractivity contribution is 9.11. The average Bonchev–Trinajstić information content (AvgIpc) is 2.72. The Morgan fingerprint density at radius 1 is 1.47 bits per heavy atom. The van der Waals surface area contributed by atoms with Gasteiger partial charge in [0.15, 0.2) is 0 Å². The Bertz CT molecular complexity index is 446. The predicted molar refractivity (Wildman–Crippen MR) is 69.9 cm³/mol. The fraction of sp³-hybridized carbons (Fsp3) is 0.556. The van der Waals surface area contributed by atoms with Crippen molar-refractivity contribution in [2.24, 2.45) is 0 Å². The Morgan fingerprint density at radius 2 is 2.18 bits per heavy atom. The fourth-order valence-corrected chi connectivity index (χ4v) is 4.23. The molecule has 1 atom stereocenters. The van der Waals surface area contributed by atoms with Gasteiger partial charge < -0.3 is 9.47 Å². The molecular formula is C9H14BrNO4S2. The Labute approximate surface area is 113 Å². The van der Waals surface area contributed by atoms with Gasteiger partial charge in [0.25, 0.3) is 0 Å². The van der Waals surface area contributed by atoms with E-state index in [1.165, 1.54) is 14.2 Å². The van der Waals surface area contributed by atoms with E-state index in [9.17, 15) is 8.42 Å². The quantitative estimate of drug-likeness (QED) is 0.813. The van der Waals surface area contributed by atoms with E-state index in [2.05, 4.69) is 20.7 Å². The Hall–Kier alpha value is 0.01000. The largest absolute Gasteiger partial charge is 0.382 e. The van der Waals surface area contributed by atoms with Crippen LogP contribution in [0.3, 0.4) is 0 Å². The van der Waals surface area contributed by atoms with Crippen LogP contribution in [0.4, 0.5) is 0 Å². The lowest BCUT2D eigenvalue weighted by atomic mass is 10.4. The molecule has 17 heavy (non-hydrogen) atoms. The first-order valence-corrected chi connectivity index (χ1v) is 7.85. The van der Waals surface area contributed by atoms with Crippen molar-refractivity contribution in [3.05, 3.63) is 15.9 Å². The minimum Gasteiger partial charge on any atom is -0.382 e. The summed E-state index contributed by atoms with van der Waals surface area (Å²) in [7, 11) is -0.408. The monoisotopic (exact) mass is 343 g/mol. The van der Waals surface area contributed by atoms with Gasteiger partial charge in [-0.2, -0.15) is 0 Å². The summed E-state index contributed by atoms with van der Waals surface area (Å²) >= 11 is 4.39. The van der Waals surface area contributed by atoms with Gasteiger partial charge in [-0.1, -0.05) is 0 Å². The van der Waals surface area contributed by atoms with Crippen LogP contribution in [-0.2, 0) is 19.5 Å². The van der Waals surface area contributed by atoms with Crippen LogP contribution >= 0.6 is 27.3 Å². The van der Waals surface area contributed by atoms with Crippen molar-refractivity contribution in [3.8, 4) is 0 Å². The molecule has 0 saturated heterocycles. The van der Waals surface area contributed by atoms with E-state index in [4.69, 9.17) is 9.47 Å². The highest BCUT2D eigenvalue weighted by atomic mass is 79.9. The van der Waals surface area contributed by atoms with Crippen LogP contribution < -0.4 is 4.72 Å². The van der Waals surface area contributed by atoms with E-state index in [1.54, 1.807) is 12.1 Å². The molecule has 0 radical (unpaired) electrons. The van der Waals surface area contributed by atoms with E-state index < -0.39 is 10.0 Å².